The van der Waals surface area contributed by atoms with E-state index in [1.807, 2.05) is 29.2 Å². The van der Waals surface area contributed by atoms with Crippen molar-refractivity contribution in [3.8, 4) is 0 Å². The number of carbonyl (C=O) groups is 1. The second kappa shape index (κ2) is 7.79. The highest BCUT2D eigenvalue weighted by Crippen LogP contribution is 2.16. The van der Waals surface area contributed by atoms with Crippen molar-refractivity contribution in [2.75, 3.05) is 13.1 Å². The maximum absolute atomic E-state index is 12.1. The molecule has 0 spiro atoms. The molecule has 1 fully saturated rings. The van der Waals surface area contributed by atoms with E-state index < -0.39 is 0 Å². The molecule has 0 unspecified atom stereocenters. The van der Waals surface area contributed by atoms with Crippen LogP contribution in [-0.4, -0.2) is 30.0 Å². The number of carbonyl (C=O) groups excluding carboxylic acids is 1. The molecule has 4 heteroatoms. The van der Waals surface area contributed by atoms with Gasteiger partial charge in [-0.05, 0) is 36.6 Å². The number of likely N-dealkylation sites (tertiary alicyclic amines) is 1. The van der Waals surface area contributed by atoms with Crippen LogP contribution in [0.15, 0.2) is 59.2 Å². The SMILES string of the molecule is O=C(/C=C\c1ccco1)N1CCC(OCc2ccccc2)CC1. The van der Waals surface area contributed by atoms with Gasteiger partial charge in [-0.2, -0.15) is 0 Å². The zero-order chi connectivity index (χ0) is 15.9. The van der Waals surface area contributed by atoms with Crippen molar-refractivity contribution < 1.29 is 13.9 Å². The van der Waals surface area contributed by atoms with Crippen LogP contribution in [-0.2, 0) is 16.1 Å². The summed E-state index contributed by atoms with van der Waals surface area (Å²) in [5.41, 5.74) is 1.19. The third-order valence-electron chi connectivity index (χ3n) is 4.02. The van der Waals surface area contributed by atoms with Crippen LogP contribution in [0.3, 0.4) is 0 Å². The quantitative estimate of drug-likeness (QED) is 0.794. The van der Waals surface area contributed by atoms with Gasteiger partial charge in [0, 0.05) is 19.2 Å². The average Bonchev–Trinajstić information content (AvgIpc) is 3.13. The maximum Gasteiger partial charge on any atom is 0.246 e. The molecule has 0 aliphatic carbocycles. The first-order chi connectivity index (χ1) is 11.3. The lowest BCUT2D eigenvalue weighted by Crippen LogP contribution is -2.40. The molecule has 3 rings (SSSR count). The predicted octanol–water partition coefficient (Wildman–Crippen LogP) is 3.50. The molecule has 2 aromatic rings. The minimum absolute atomic E-state index is 0.0305. The van der Waals surface area contributed by atoms with E-state index in [0.29, 0.717) is 12.4 Å². The van der Waals surface area contributed by atoms with Gasteiger partial charge in [0.05, 0.1) is 19.0 Å². The zero-order valence-electron chi connectivity index (χ0n) is 13.1. The first-order valence-electron chi connectivity index (χ1n) is 7.97. The first-order valence-corrected chi connectivity index (χ1v) is 7.97. The number of hydrogen-bond donors (Lipinski definition) is 0. The van der Waals surface area contributed by atoms with E-state index in [1.54, 1.807) is 24.5 Å². The molecule has 0 radical (unpaired) electrons. The Bertz CT molecular complexity index is 626. The number of amides is 1. The highest BCUT2D eigenvalue weighted by molar-refractivity contribution is 5.91. The highest BCUT2D eigenvalue weighted by atomic mass is 16.5. The van der Waals surface area contributed by atoms with E-state index in [9.17, 15) is 4.79 Å². The summed E-state index contributed by atoms with van der Waals surface area (Å²) in [7, 11) is 0. The number of benzene rings is 1. The number of furan rings is 1. The minimum atomic E-state index is 0.0305. The van der Waals surface area contributed by atoms with Gasteiger partial charge in [-0.25, -0.2) is 0 Å². The van der Waals surface area contributed by atoms with Crippen LogP contribution in [0, 0.1) is 0 Å². The Morgan fingerprint density at radius 2 is 1.96 bits per heavy atom. The zero-order valence-corrected chi connectivity index (χ0v) is 13.1. The fraction of sp³-hybridized carbons (Fsp3) is 0.316. The Labute approximate surface area is 136 Å². The molecule has 1 saturated heterocycles. The van der Waals surface area contributed by atoms with E-state index >= 15 is 0 Å². The number of hydrogen-bond acceptors (Lipinski definition) is 3. The van der Waals surface area contributed by atoms with Crippen molar-refractivity contribution >= 4 is 12.0 Å². The van der Waals surface area contributed by atoms with Gasteiger partial charge in [-0.1, -0.05) is 30.3 Å². The van der Waals surface area contributed by atoms with Crippen molar-refractivity contribution in [3.05, 3.63) is 66.1 Å². The van der Waals surface area contributed by atoms with Crippen molar-refractivity contribution in [1.29, 1.82) is 0 Å². The van der Waals surface area contributed by atoms with Crippen LogP contribution in [0.4, 0.5) is 0 Å². The molecule has 23 heavy (non-hydrogen) atoms. The summed E-state index contributed by atoms with van der Waals surface area (Å²) in [6.45, 7) is 2.11. The molecular weight excluding hydrogens is 290 g/mol. The Hall–Kier alpha value is -2.33. The molecule has 0 saturated carbocycles. The van der Waals surface area contributed by atoms with Crippen molar-refractivity contribution in [1.82, 2.24) is 4.90 Å². The summed E-state index contributed by atoms with van der Waals surface area (Å²) in [6.07, 6.45) is 6.87. The van der Waals surface area contributed by atoms with Crippen LogP contribution >= 0.6 is 0 Å². The molecule has 1 aromatic heterocycles. The summed E-state index contributed by atoms with van der Waals surface area (Å²) in [6, 6.07) is 13.8. The van der Waals surface area contributed by atoms with Crippen LogP contribution in [0.2, 0.25) is 0 Å². The molecule has 2 heterocycles. The number of piperidine rings is 1. The van der Waals surface area contributed by atoms with E-state index in [1.165, 1.54) is 5.56 Å². The second-order valence-corrected chi connectivity index (χ2v) is 5.67. The van der Waals surface area contributed by atoms with Crippen LogP contribution < -0.4 is 0 Å². The molecule has 1 amide bonds. The van der Waals surface area contributed by atoms with Gasteiger partial charge in [0.25, 0.3) is 0 Å². The standard InChI is InChI=1S/C19H21NO3/c21-19(9-8-17-7-4-14-22-17)20-12-10-18(11-13-20)23-15-16-5-2-1-3-6-16/h1-9,14,18H,10-13,15H2/b9-8-. The van der Waals surface area contributed by atoms with Crippen LogP contribution in [0.1, 0.15) is 24.2 Å². The molecular formula is C19H21NO3. The van der Waals surface area contributed by atoms with Gasteiger partial charge < -0.3 is 14.1 Å². The van der Waals surface area contributed by atoms with Crippen molar-refractivity contribution in [2.24, 2.45) is 0 Å². The monoisotopic (exact) mass is 311 g/mol. The fourth-order valence-electron chi connectivity index (χ4n) is 2.68. The van der Waals surface area contributed by atoms with E-state index in [0.717, 1.165) is 25.9 Å². The minimum Gasteiger partial charge on any atom is -0.465 e. The summed E-state index contributed by atoms with van der Waals surface area (Å²) in [5, 5.41) is 0. The smallest absolute Gasteiger partial charge is 0.246 e. The molecule has 1 aliphatic heterocycles. The lowest BCUT2D eigenvalue weighted by atomic mass is 10.1. The largest absolute Gasteiger partial charge is 0.465 e. The maximum atomic E-state index is 12.1. The Kier molecular flexibility index (Phi) is 5.27. The summed E-state index contributed by atoms with van der Waals surface area (Å²) in [5.74, 6) is 0.724. The predicted molar refractivity (Wildman–Crippen MR) is 88.6 cm³/mol. The summed E-state index contributed by atoms with van der Waals surface area (Å²) >= 11 is 0. The molecule has 4 nitrogen and oxygen atoms in total. The van der Waals surface area contributed by atoms with Gasteiger partial charge in [0.1, 0.15) is 5.76 Å². The van der Waals surface area contributed by atoms with Gasteiger partial charge in [-0.3, -0.25) is 4.79 Å². The second-order valence-electron chi connectivity index (χ2n) is 5.67. The van der Waals surface area contributed by atoms with Gasteiger partial charge in [0.15, 0.2) is 0 Å². The molecule has 1 aliphatic rings. The third kappa shape index (κ3) is 4.57. The first kappa shape index (κ1) is 15.6. The van der Waals surface area contributed by atoms with Gasteiger partial charge >= 0.3 is 0 Å². The molecule has 1 aromatic carbocycles. The molecule has 120 valence electrons. The molecule has 0 atom stereocenters. The number of nitrogens with zero attached hydrogens (tertiary/aromatic N) is 1. The Morgan fingerprint density at radius 3 is 2.65 bits per heavy atom. The van der Waals surface area contributed by atoms with Gasteiger partial charge in [0.2, 0.25) is 5.91 Å². The topological polar surface area (TPSA) is 42.7 Å². The van der Waals surface area contributed by atoms with E-state index in [4.69, 9.17) is 9.15 Å². The van der Waals surface area contributed by atoms with Crippen LogP contribution in [0.5, 0.6) is 0 Å². The Balaban J connectivity index is 1.42. The van der Waals surface area contributed by atoms with Crippen LogP contribution in [0.25, 0.3) is 6.08 Å². The summed E-state index contributed by atoms with van der Waals surface area (Å²) in [4.78, 5) is 14.0. The highest BCUT2D eigenvalue weighted by Gasteiger charge is 2.21. The summed E-state index contributed by atoms with van der Waals surface area (Å²) < 4.78 is 11.1. The van der Waals surface area contributed by atoms with Crippen molar-refractivity contribution in [2.45, 2.75) is 25.6 Å². The fourth-order valence-corrected chi connectivity index (χ4v) is 2.68. The number of ether oxygens (including phenoxy) is 1. The van der Waals surface area contributed by atoms with Gasteiger partial charge in [-0.15, -0.1) is 0 Å². The average molecular weight is 311 g/mol. The number of rotatable bonds is 5. The van der Waals surface area contributed by atoms with E-state index in [-0.39, 0.29) is 12.0 Å². The normalized spacial score (nSPS) is 16.1. The molecule has 0 N–H and O–H groups in total. The van der Waals surface area contributed by atoms with E-state index in [2.05, 4.69) is 12.1 Å². The van der Waals surface area contributed by atoms with Crippen molar-refractivity contribution in [3.63, 3.8) is 0 Å². The third-order valence-corrected chi connectivity index (χ3v) is 4.02. The molecule has 0 bridgehead atoms. The Morgan fingerprint density at radius 1 is 1.17 bits per heavy atom. The lowest BCUT2D eigenvalue weighted by Gasteiger charge is -2.31. The lowest BCUT2D eigenvalue weighted by molar-refractivity contribution is -0.128.